The third-order valence-electron chi connectivity index (χ3n) is 3.83. The highest BCUT2D eigenvalue weighted by Crippen LogP contribution is 2.27. The highest BCUT2D eigenvalue weighted by molar-refractivity contribution is 6.03. The van der Waals surface area contributed by atoms with Gasteiger partial charge in [0.1, 0.15) is 11.5 Å². The Morgan fingerprint density at radius 1 is 1.03 bits per heavy atom. The molecule has 0 aliphatic carbocycles. The Morgan fingerprint density at radius 3 is 2.38 bits per heavy atom. The van der Waals surface area contributed by atoms with Gasteiger partial charge in [0.2, 0.25) is 5.95 Å². The Kier molecular flexibility index (Phi) is 6.63. The molecule has 0 bridgehead atoms. The number of anilines is 3. The van der Waals surface area contributed by atoms with Crippen LogP contribution in [0.15, 0.2) is 60.9 Å². The second-order valence-electron chi connectivity index (χ2n) is 6.49. The van der Waals surface area contributed by atoms with Crippen LogP contribution in [0.4, 0.5) is 17.3 Å². The summed E-state index contributed by atoms with van der Waals surface area (Å²) in [6.07, 6.45) is 3.00. The van der Waals surface area contributed by atoms with E-state index >= 15 is 0 Å². The Balaban J connectivity index is 1.65. The van der Waals surface area contributed by atoms with Crippen molar-refractivity contribution in [1.29, 1.82) is 0 Å². The first kappa shape index (κ1) is 20.1. The fraction of sp³-hybridized carbons (Fsp3) is 0.227. The van der Waals surface area contributed by atoms with Gasteiger partial charge in [-0.25, -0.2) is 9.97 Å². The zero-order valence-corrected chi connectivity index (χ0v) is 16.7. The summed E-state index contributed by atoms with van der Waals surface area (Å²) in [7, 11) is 0. The Bertz CT molecular complexity index is 941. The molecular weight excluding hydrogens is 368 g/mol. The molecule has 3 rings (SSSR count). The molecule has 0 aliphatic rings. The van der Waals surface area contributed by atoms with Crippen molar-refractivity contribution >= 4 is 23.2 Å². The van der Waals surface area contributed by atoms with Gasteiger partial charge in [0.25, 0.3) is 5.91 Å². The number of hydrogen-bond donors (Lipinski definition) is 2. The maximum absolute atomic E-state index is 12.4. The first-order chi connectivity index (χ1) is 14.0. The fourth-order valence-electron chi connectivity index (χ4n) is 2.56. The highest BCUT2D eigenvalue weighted by Gasteiger charge is 2.10. The molecule has 7 nitrogen and oxygen atoms in total. The van der Waals surface area contributed by atoms with Gasteiger partial charge in [0.15, 0.2) is 0 Å². The van der Waals surface area contributed by atoms with Crippen molar-refractivity contribution in [2.75, 3.05) is 17.2 Å². The number of benzene rings is 2. The Morgan fingerprint density at radius 2 is 1.72 bits per heavy atom. The zero-order valence-electron chi connectivity index (χ0n) is 16.7. The number of amides is 1. The van der Waals surface area contributed by atoms with Gasteiger partial charge in [0, 0.05) is 18.1 Å². The van der Waals surface area contributed by atoms with Crippen molar-refractivity contribution < 1.29 is 14.3 Å². The lowest BCUT2D eigenvalue weighted by molar-refractivity contribution is 0.102. The number of aromatic nitrogens is 2. The van der Waals surface area contributed by atoms with Crippen LogP contribution in [0.3, 0.4) is 0 Å². The van der Waals surface area contributed by atoms with E-state index in [0.717, 1.165) is 11.4 Å². The number of para-hydroxylation sites is 2. The van der Waals surface area contributed by atoms with Gasteiger partial charge in [-0.15, -0.1) is 0 Å². The largest absolute Gasteiger partial charge is 0.494 e. The predicted molar refractivity (Wildman–Crippen MR) is 113 cm³/mol. The number of nitrogens with zero attached hydrogens (tertiary/aromatic N) is 2. The van der Waals surface area contributed by atoms with Gasteiger partial charge in [-0.2, -0.15) is 0 Å². The molecule has 150 valence electrons. The van der Waals surface area contributed by atoms with Crippen molar-refractivity contribution in [1.82, 2.24) is 9.97 Å². The van der Waals surface area contributed by atoms with Crippen molar-refractivity contribution in [3.8, 4) is 11.5 Å². The van der Waals surface area contributed by atoms with Gasteiger partial charge in [0.05, 0.1) is 24.0 Å². The van der Waals surface area contributed by atoms with Crippen LogP contribution in [0.5, 0.6) is 11.5 Å². The molecule has 0 unspecified atom stereocenters. The van der Waals surface area contributed by atoms with E-state index in [1.165, 1.54) is 12.4 Å². The third kappa shape index (κ3) is 5.68. The monoisotopic (exact) mass is 392 g/mol. The lowest BCUT2D eigenvalue weighted by Crippen LogP contribution is -2.13. The first-order valence-corrected chi connectivity index (χ1v) is 9.44. The molecule has 0 atom stereocenters. The van der Waals surface area contributed by atoms with Crippen LogP contribution in [-0.4, -0.2) is 28.6 Å². The fourth-order valence-corrected chi connectivity index (χ4v) is 2.56. The maximum atomic E-state index is 12.4. The van der Waals surface area contributed by atoms with Crippen molar-refractivity contribution in [3.05, 3.63) is 66.5 Å². The number of hydrogen-bond acceptors (Lipinski definition) is 6. The number of carbonyl (C=O) groups is 1. The molecule has 2 aromatic carbocycles. The van der Waals surface area contributed by atoms with Gasteiger partial charge in [-0.1, -0.05) is 12.1 Å². The second-order valence-corrected chi connectivity index (χ2v) is 6.49. The minimum atomic E-state index is -0.288. The van der Waals surface area contributed by atoms with E-state index in [0.29, 0.717) is 29.6 Å². The molecule has 0 saturated heterocycles. The molecule has 0 spiro atoms. The molecule has 29 heavy (non-hydrogen) atoms. The quantitative estimate of drug-likeness (QED) is 0.580. The average molecular weight is 392 g/mol. The van der Waals surface area contributed by atoms with Crippen LogP contribution in [0.2, 0.25) is 0 Å². The Labute approximate surface area is 170 Å². The molecular formula is C22H24N4O3. The summed E-state index contributed by atoms with van der Waals surface area (Å²) in [4.78, 5) is 20.9. The summed E-state index contributed by atoms with van der Waals surface area (Å²) in [5.41, 5.74) is 1.78. The molecule has 3 aromatic rings. The summed E-state index contributed by atoms with van der Waals surface area (Å²) in [5.74, 6) is 1.56. The predicted octanol–water partition coefficient (Wildman–Crippen LogP) is 4.66. The van der Waals surface area contributed by atoms with Crippen LogP contribution in [-0.2, 0) is 0 Å². The molecule has 0 aliphatic heterocycles. The van der Waals surface area contributed by atoms with E-state index in [1.54, 1.807) is 24.3 Å². The minimum absolute atomic E-state index is 0.0486. The van der Waals surface area contributed by atoms with Crippen molar-refractivity contribution in [2.24, 2.45) is 0 Å². The number of ether oxygens (including phenoxy) is 2. The van der Waals surface area contributed by atoms with Crippen LogP contribution in [0.25, 0.3) is 0 Å². The summed E-state index contributed by atoms with van der Waals surface area (Å²) < 4.78 is 11.2. The summed E-state index contributed by atoms with van der Waals surface area (Å²) in [5, 5.41) is 5.93. The van der Waals surface area contributed by atoms with E-state index in [4.69, 9.17) is 9.47 Å². The van der Waals surface area contributed by atoms with Gasteiger partial charge < -0.3 is 20.1 Å². The molecule has 1 aromatic heterocycles. The van der Waals surface area contributed by atoms with E-state index in [1.807, 2.05) is 45.0 Å². The highest BCUT2D eigenvalue weighted by atomic mass is 16.5. The Hall–Kier alpha value is -3.61. The molecule has 0 fully saturated rings. The normalized spacial score (nSPS) is 10.5. The van der Waals surface area contributed by atoms with Gasteiger partial charge >= 0.3 is 0 Å². The lowest BCUT2D eigenvalue weighted by Gasteiger charge is -2.14. The van der Waals surface area contributed by atoms with Crippen LogP contribution < -0.4 is 20.1 Å². The molecule has 0 radical (unpaired) electrons. The standard InChI is InChI=1S/C22H24N4O3/c1-4-28-18-11-9-17(10-12-18)25-21(27)16-13-23-22(24-14-16)26-19-7-5-6-8-20(19)29-15(2)3/h5-15H,4H2,1-3H3,(H,25,27)(H,23,24,26). The second kappa shape index (κ2) is 9.54. The van der Waals surface area contributed by atoms with Gasteiger partial charge in [-0.3, -0.25) is 4.79 Å². The maximum Gasteiger partial charge on any atom is 0.258 e. The first-order valence-electron chi connectivity index (χ1n) is 9.44. The van der Waals surface area contributed by atoms with Gasteiger partial charge in [-0.05, 0) is 57.2 Å². The molecule has 2 N–H and O–H groups in total. The van der Waals surface area contributed by atoms with E-state index < -0.39 is 0 Å². The summed E-state index contributed by atoms with van der Waals surface area (Å²) >= 11 is 0. The SMILES string of the molecule is CCOc1ccc(NC(=O)c2cnc(Nc3ccccc3OC(C)C)nc2)cc1. The molecule has 7 heteroatoms. The smallest absolute Gasteiger partial charge is 0.258 e. The molecule has 1 amide bonds. The van der Waals surface area contributed by atoms with Crippen molar-refractivity contribution in [3.63, 3.8) is 0 Å². The molecule has 1 heterocycles. The summed E-state index contributed by atoms with van der Waals surface area (Å²) in [6, 6.07) is 14.7. The van der Waals surface area contributed by atoms with E-state index in [2.05, 4.69) is 20.6 Å². The third-order valence-corrected chi connectivity index (χ3v) is 3.83. The lowest BCUT2D eigenvalue weighted by atomic mass is 10.2. The van der Waals surface area contributed by atoms with E-state index in [9.17, 15) is 4.79 Å². The van der Waals surface area contributed by atoms with Crippen LogP contribution in [0.1, 0.15) is 31.1 Å². The number of nitrogens with one attached hydrogen (secondary N) is 2. The zero-order chi connectivity index (χ0) is 20.6. The number of rotatable bonds is 8. The topological polar surface area (TPSA) is 85.4 Å². The number of carbonyl (C=O) groups excluding carboxylic acids is 1. The average Bonchev–Trinajstić information content (AvgIpc) is 2.71. The van der Waals surface area contributed by atoms with E-state index in [-0.39, 0.29) is 12.0 Å². The van der Waals surface area contributed by atoms with Crippen molar-refractivity contribution in [2.45, 2.75) is 26.9 Å². The van der Waals surface area contributed by atoms with Crippen LogP contribution in [0, 0.1) is 0 Å². The summed E-state index contributed by atoms with van der Waals surface area (Å²) in [6.45, 7) is 6.44. The minimum Gasteiger partial charge on any atom is -0.494 e. The van der Waals surface area contributed by atoms with Crippen LogP contribution >= 0.6 is 0 Å². The molecule has 0 saturated carbocycles.